The van der Waals surface area contributed by atoms with Crippen LogP contribution in [0.15, 0.2) is 41.0 Å². The first kappa shape index (κ1) is 24.1. The fourth-order valence-electron chi connectivity index (χ4n) is 3.34. The minimum atomic E-state index is -0.756. The maximum atomic E-state index is 12.9. The molecule has 0 saturated carbocycles. The normalized spacial score (nSPS) is 11.8. The summed E-state index contributed by atoms with van der Waals surface area (Å²) in [4.78, 5) is 12.9. The van der Waals surface area contributed by atoms with Crippen LogP contribution in [0.3, 0.4) is 0 Å². The Balaban J connectivity index is 1.79. The molecule has 0 aliphatic rings. The van der Waals surface area contributed by atoms with E-state index in [4.69, 9.17) is 18.8 Å². The molecule has 0 radical (unpaired) electrons. The molecule has 33 heavy (non-hydrogen) atoms. The number of aromatic nitrogens is 2. The van der Waals surface area contributed by atoms with Crippen molar-refractivity contribution < 1.29 is 23.6 Å². The first-order valence-corrected chi connectivity index (χ1v) is 11.1. The van der Waals surface area contributed by atoms with Crippen molar-refractivity contribution in [1.29, 1.82) is 0 Å². The summed E-state index contributed by atoms with van der Waals surface area (Å²) in [5.74, 6) is 2.01. The molecule has 1 amide bonds. The summed E-state index contributed by atoms with van der Waals surface area (Å²) in [7, 11) is 0. The summed E-state index contributed by atoms with van der Waals surface area (Å²) in [5.41, 5.74) is 3.17. The number of amides is 1. The molecule has 1 N–H and O–H groups in total. The number of nitrogens with zero attached hydrogens (tertiary/aromatic N) is 2. The number of aryl methyl sites for hydroxylation is 1. The van der Waals surface area contributed by atoms with Gasteiger partial charge in [-0.2, -0.15) is 0 Å². The highest BCUT2D eigenvalue weighted by atomic mass is 16.6. The van der Waals surface area contributed by atoms with Crippen molar-refractivity contribution in [3.63, 3.8) is 0 Å². The summed E-state index contributed by atoms with van der Waals surface area (Å²) in [5, 5.41) is 10.6. The van der Waals surface area contributed by atoms with Gasteiger partial charge in [0.25, 0.3) is 5.91 Å². The van der Waals surface area contributed by atoms with Crippen molar-refractivity contribution in [2.24, 2.45) is 0 Å². The predicted octanol–water partition coefficient (Wildman–Crippen LogP) is 5.37. The van der Waals surface area contributed by atoms with Gasteiger partial charge in [0.05, 0.1) is 13.2 Å². The summed E-state index contributed by atoms with van der Waals surface area (Å²) in [6.45, 7) is 12.7. The lowest BCUT2D eigenvalue weighted by atomic mass is 10.0. The Morgan fingerprint density at radius 3 is 2.39 bits per heavy atom. The minimum absolute atomic E-state index is 0.204. The van der Waals surface area contributed by atoms with E-state index in [1.807, 2.05) is 45.0 Å². The van der Waals surface area contributed by atoms with Crippen LogP contribution in [0, 0.1) is 6.92 Å². The number of nitrogens with one attached hydrogen (secondary N) is 1. The molecule has 3 rings (SSSR count). The van der Waals surface area contributed by atoms with E-state index >= 15 is 0 Å². The van der Waals surface area contributed by atoms with Crippen molar-refractivity contribution in [2.75, 3.05) is 18.5 Å². The maximum absolute atomic E-state index is 12.9. The van der Waals surface area contributed by atoms with Gasteiger partial charge in [0.1, 0.15) is 5.75 Å². The van der Waals surface area contributed by atoms with E-state index in [9.17, 15) is 4.79 Å². The smallest absolute Gasteiger partial charge is 0.266 e. The molecule has 2 aromatic carbocycles. The lowest BCUT2D eigenvalue weighted by molar-refractivity contribution is -0.122. The molecule has 176 valence electrons. The lowest BCUT2D eigenvalue weighted by Crippen LogP contribution is -2.30. The molecule has 1 atom stereocenters. The van der Waals surface area contributed by atoms with Gasteiger partial charge in [-0.05, 0) is 79.3 Å². The van der Waals surface area contributed by atoms with Crippen molar-refractivity contribution in [1.82, 2.24) is 10.3 Å². The van der Waals surface area contributed by atoms with E-state index in [0.29, 0.717) is 41.7 Å². The molecule has 0 aliphatic carbocycles. The zero-order valence-electron chi connectivity index (χ0n) is 20.0. The molecule has 0 unspecified atom stereocenters. The molecule has 1 heterocycles. The Hall–Kier alpha value is -3.55. The molecule has 0 spiro atoms. The van der Waals surface area contributed by atoms with Crippen LogP contribution in [0.4, 0.5) is 5.82 Å². The topological polar surface area (TPSA) is 95.7 Å². The number of hydrogen-bond donors (Lipinski definition) is 1. The summed E-state index contributed by atoms with van der Waals surface area (Å²) in [6.07, 6.45) is -0.756. The Morgan fingerprint density at radius 2 is 1.70 bits per heavy atom. The van der Waals surface area contributed by atoms with E-state index < -0.39 is 6.10 Å². The molecular formula is C25H31N3O5. The van der Waals surface area contributed by atoms with Gasteiger partial charge in [-0.1, -0.05) is 26.0 Å². The van der Waals surface area contributed by atoms with Crippen LogP contribution in [-0.4, -0.2) is 35.5 Å². The highest BCUT2D eigenvalue weighted by Crippen LogP contribution is 2.34. The molecule has 0 fully saturated rings. The quantitative estimate of drug-likeness (QED) is 0.441. The molecule has 0 saturated heterocycles. The first-order chi connectivity index (χ1) is 15.8. The second kappa shape index (κ2) is 10.8. The van der Waals surface area contributed by atoms with Gasteiger partial charge in [-0.3, -0.25) is 4.79 Å². The SMILES string of the molecule is CCOc1ccc(-c2nonc2NC(=O)[C@@H](C)Oc2cc(C)ccc2C(C)C)cc1OCC. The molecule has 8 heteroatoms. The van der Waals surface area contributed by atoms with E-state index in [0.717, 1.165) is 11.1 Å². The molecule has 1 aromatic heterocycles. The van der Waals surface area contributed by atoms with Crippen molar-refractivity contribution >= 4 is 11.7 Å². The van der Waals surface area contributed by atoms with Gasteiger partial charge < -0.3 is 19.5 Å². The fourth-order valence-corrected chi connectivity index (χ4v) is 3.34. The van der Waals surface area contributed by atoms with Crippen molar-refractivity contribution in [3.05, 3.63) is 47.5 Å². The number of rotatable bonds is 10. The third-order valence-corrected chi connectivity index (χ3v) is 5.01. The average molecular weight is 454 g/mol. The summed E-state index contributed by atoms with van der Waals surface area (Å²) >= 11 is 0. The molecule has 3 aromatic rings. The molecule has 0 bridgehead atoms. The number of hydrogen-bond acceptors (Lipinski definition) is 7. The highest BCUT2D eigenvalue weighted by Gasteiger charge is 2.22. The van der Waals surface area contributed by atoms with Crippen molar-refractivity contribution in [3.8, 4) is 28.5 Å². The number of benzene rings is 2. The Bertz CT molecular complexity index is 1090. The number of carbonyl (C=O) groups excluding carboxylic acids is 1. The second-order valence-corrected chi connectivity index (χ2v) is 7.93. The predicted molar refractivity (Wildman–Crippen MR) is 126 cm³/mol. The van der Waals surface area contributed by atoms with Crippen LogP contribution in [0.2, 0.25) is 0 Å². The minimum Gasteiger partial charge on any atom is -0.490 e. The van der Waals surface area contributed by atoms with Gasteiger partial charge in [0, 0.05) is 5.56 Å². The third kappa shape index (κ3) is 5.83. The third-order valence-electron chi connectivity index (χ3n) is 5.01. The van der Waals surface area contributed by atoms with E-state index in [1.54, 1.807) is 19.1 Å². The molecule has 0 aliphatic heterocycles. The Kier molecular flexibility index (Phi) is 7.92. The van der Waals surface area contributed by atoms with Crippen LogP contribution in [0.25, 0.3) is 11.3 Å². The largest absolute Gasteiger partial charge is 0.490 e. The molecule has 8 nitrogen and oxygen atoms in total. The number of carbonyl (C=O) groups is 1. The van der Waals surface area contributed by atoms with E-state index in [-0.39, 0.29) is 17.6 Å². The summed E-state index contributed by atoms with van der Waals surface area (Å²) < 4.78 is 22.2. The second-order valence-electron chi connectivity index (χ2n) is 7.93. The van der Waals surface area contributed by atoms with Crippen LogP contribution in [-0.2, 0) is 4.79 Å². The zero-order chi connectivity index (χ0) is 24.0. The summed E-state index contributed by atoms with van der Waals surface area (Å²) in [6, 6.07) is 11.4. The number of ether oxygens (including phenoxy) is 3. The molecular weight excluding hydrogens is 422 g/mol. The zero-order valence-corrected chi connectivity index (χ0v) is 20.0. The van der Waals surface area contributed by atoms with Crippen LogP contribution >= 0.6 is 0 Å². The van der Waals surface area contributed by atoms with Gasteiger partial charge in [0.15, 0.2) is 23.3 Å². The fraction of sp³-hybridized carbons (Fsp3) is 0.400. The maximum Gasteiger partial charge on any atom is 0.266 e. The van der Waals surface area contributed by atoms with Gasteiger partial charge in [-0.15, -0.1) is 0 Å². The van der Waals surface area contributed by atoms with Crippen LogP contribution in [0.1, 0.15) is 51.7 Å². The van der Waals surface area contributed by atoms with Gasteiger partial charge >= 0.3 is 0 Å². The van der Waals surface area contributed by atoms with Crippen LogP contribution < -0.4 is 19.5 Å². The first-order valence-electron chi connectivity index (χ1n) is 11.1. The van der Waals surface area contributed by atoms with Gasteiger partial charge in [-0.25, -0.2) is 4.63 Å². The van der Waals surface area contributed by atoms with Crippen molar-refractivity contribution in [2.45, 2.75) is 53.6 Å². The van der Waals surface area contributed by atoms with Crippen LogP contribution in [0.5, 0.6) is 17.2 Å². The lowest BCUT2D eigenvalue weighted by Gasteiger charge is -2.19. The highest BCUT2D eigenvalue weighted by molar-refractivity contribution is 5.96. The Morgan fingerprint density at radius 1 is 0.970 bits per heavy atom. The Labute approximate surface area is 194 Å². The average Bonchev–Trinajstić information content (AvgIpc) is 3.23. The van der Waals surface area contributed by atoms with E-state index in [1.165, 1.54) is 0 Å². The standard InChI is InChI=1S/C25H31N3O5/c1-7-30-20-12-10-18(14-22(20)31-8-2)23-24(28-33-27-23)26-25(29)17(6)32-21-13-16(5)9-11-19(21)15(3)4/h9-15,17H,7-8H2,1-6H3,(H,26,28,29)/t17-/m1/s1. The number of anilines is 1. The van der Waals surface area contributed by atoms with E-state index in [2.05, 4.69) is 29.5 Å². The van der Waals surface area contributed by atoms with Gasteiger partial charge in [0.2, 0.25) is 5.82 Å². The monoisotopic (exact) mass is 453 g/mol.